The second-order valence-electron chi connectivity index (χ2n) is 2.22. The number of hydrogen-bond acceptors (Lipinski definition) is 3. The molecule has 0 N–H and O–H groups in total. The van der Waals surface area contributed by atoms with Crippen molar-refractivity contribution in [3.8, 4) is 0 Å². The summed E-state index contributed by atoms with van der Waals surface area (Å²) in [5, 5.41) is 0. The van der Waals surface area contributed by atoms with Gasteiger partial charge < -0.3 is 0 Å². The van der Waals surface area contributed by atoms with E-state index in [2.05, 4.69) is 9.05 Å². The van der Waals surface area contributed by atoms with E-state index in [0.29, 0.717) is 0 Å². The Bertz CT molecular complexity index is 224. The molecule has 1 radical (unpaired) electrons. The van der Waals surface area contributed by atoms with Crippen LogP contribution in [0.25, 0.3) is 0 Å². The third-order valence-corrected chi connectivity index (χ3v) is 2.32. The van der Waals surface area contributed by atoms with E-state index in [1.165, 1.54) is 0 Å². The summed E-state index contributed by atoms with van der Waals surface area (Å²) in [5.41, 5.74) is 0. The van der Waals surface area contributed by atoms with Crippen molar-refractivity contribution in [2.75, 3.05) is 13.2 Å². The molecule has 0 aliphatic rings. The second kappa shape index (κ2) is 6.14. The Hall–Kier alpha value is 1.85. The summed E-state index contributed by atoms with van der Waals surface area (Å²) < 4.78 is 15.6. The summed E-state index contributed by atoms with van der Waals surface area (Å²) in [6, 6.07) is 0. The molecule has 4 nitrogen and oxygen atoms in total. The van der Waals surface area contributed by atoms with Gasteiger partial charge in [0.05, 0.1) is 0 Å². The first-order valence-corrected chi connectivity index (χ1v) is 6.88. The Kier molecular flexibility index (Phi) is 6.90. The van der Waals surface area contributed by atoms with Gasteiger partial charge in [0.2, 0.25) is 7.59 Å². The van der Waals surface area contributed by atoms with E-state index in [1.807, 2.05) is 0 Å². The summed E-state index contributed by atoms with van der Waals surface area (Å²) in [7, 11) is -4.64. The zero-order valence-electron chi connectivity index (χ0n) is 6.76. The van der Waals surface area contributed by atoms with Gasteiger partial charge in [0.15, 0.2) is 0 Å². The van der Waals surface area contributed by atoms with Crippen molar-refractivity contribution in [1.29, 1.82) is 0 Å². The zero-order chi connectivity index (χ0) is 12.3. The van der Waals surface area contributed by atoms with Crippen LogP contribution in [0.3, 0.4) is 0 Å². The maximum atomic E-state index is 11.0. The number of rotatable bonds is 4. The minimum absolute atomic E-state index is 0.696. The first-order chi connectivity index (χ1) is 6.41. The van der Waals surface area contributed by atoms with Crippen LogP contribution in [-0.4, -0.2) is 20.8 Å². The molecule has 0 spiro atoms. The molecule has 0 saturated carbocycles. The van der Waals surface area contributed by atoms with Gasteiger partial charge in [-0.05, 0) is 0 Å². The van der Waals surface area contributed by atoms with Crippen molar-refractivity contribution in [3.63, 3.8) is 0 Å². The summed E-state index contributed by atoms with van der Waals surface area (Å²) in [6.45, 7) is -1.39. The van der Waals surface area contributed by atoms with E-state index in [0.717, 1.165) is 0 Å². The fraction of sp³-hybridized carbons (Fsp3) is 1.00. The van der Waals surface area contributed by atoms with Gasteiger partial charge in [-0.2, -0.15) is 0 Å². The van der Waals surface area contributed by atoms with Crippen LogP contribution >= 0.6 is 77.4 Å². The highest BCUT2D eigenvalue weighted by Crippen LogP contribution is 2.48. The van der Waals surface area contributed by atoms with Crippen LogP contribution in [0.5, 0.6) is 0 Å². The lowest BCUT2D eigenvalue weighted by Crippen LogP contribution is -2.15. The molecule has 0 heterocycles. The van der Waals surface area contributed by atoms with Gasteiger partial charge in [-0.1, -0.05) is 69.6 Å². The summed E-state index contributed by atoms with van der Waals surface area (Å²) >= 11 is 31.4. The third-order valence-electron chi connectivity index (χ3n) is 0.773. The highest BCUT2D eigenvalue weighted by Gasteiger charge is 2.33. The third kappa shape index (κ3) is 12.1. The molecule has 11 heteroatoms. The molecule has 0 bridgehead atoms. The van der Waals surface area contributed by atoms with E-state index in [1.54, 1.807) is 0 Å². The van der Waals surface area contributed by atoms with Crippen LogP contribution in [0.15, 0.2) is 0 Å². The topological polar surface area (TPSA) is 55.4 Å². The Morgan fingerprint density at radius 1 is 0.867 bits per heavy atom. The molecule has 0 unspecified atom stereocenters. The molecule has 0 amide bonds. The van der Waals surface area contributed by atoms with Gasteiger partial charge in [0.1, 0.15) is 13.2 Å². The average molecular weight is 360 g/mol. The smallest absolute Gasteiger partial charge is 0.281 e. The van der Waals surface area contributed by atoms with Gasteiger partial charge in [-0.15, -0.1) is 4.89 Å². The number of alkyl halides is 6. The average Bonchev–Trinajstić information content (AvgIpc) is 1.96. The lowest BCUT2D eigenvalue weighted by atomic mass is 10.9. The lowest BCUT2D eigenvalue weighted by Gasteiger charge is -2.16. The molecule has 0 aliphatic heterocycles. The van der Waals surface area contributed by atoms with E-state index in [4.69, 9.17) is 69.6 Å². The van der Waals surface area contributed by atoms with Crippen molar-refractivity contribution in [3.05, 3.63) is 0 Å². The monoisotopic (exact) mass is 357 g/mol. The van der Waals surface area contributed by atoms with Crippen LogP contribution in [0.4, 0.5) is 0 Å². The maximum Gasteiger partial charge on any atom is 0.502 e. The molecule has 0 aliphatic carbocycles. The van der Waals surface area contributed by atoms with Crippen LogP contribution in [-0.2, 0) is 18.5 Å². The Morgan fingerprint density at radius 2 is 1.13 bits per heavy atom. The quantitative estimate of drug-likeness (QED) is 0.555. The fourth-order valence-corrected chi connectivity index (χ4v) is 1.90. The highest BCUT2D eigenvalue weighted by molar-refractivity contribution is 7.47. The Labute approximate surface area is 116 Å². The van der Waals surface area contributed by atoms with Gasteiger partial charge in [-0.25, -0.2) is 4.57 Å². The van der Waals surface area contributed by atoms with E-state index in [9.17, 15) is 9.46 Å². The molecular weight excluding hydrogens is 356 g/mol. The fourth-order valence-electron chi connectivity index (χ4n) is 0.342. The second-order valence-corrected chi connectivity index (χ2v) is 8.67. The SMILES string of the molecule is [O]P(=O)(OCC(Cl)(Cl)Cl)OCC(Cl)(Cl)Cl. The van der Waals surface area contributed by atoms with Crippen molar-refractivity contribution >= 4 is 77.4 Å². The van der Waals surface area contributed by atoms with Crippen LogP contribution in [0.2, 0.25) is 0 Å². The molecular formula is C4H4Cl6O4P. The largest absolute Gasteiger partial charge is 0.502 e. The highest BCUT2D eigenvalue weighted by atomic mass is 35.6. The lowest BCUT2D eigenvalue weighted by molar-refractivity contribution is 0.132. The molecule has 0 atom stereocenters. The van der Waals surface area contributed by atoms with Crippen molar-refractivity contribution in [1.82, 2.24) is 0 Å². The van der Waals surface area contributed by atoms with Crippen molar-refractivity contribution in [2.45, 2.75) is 7.59 Å². The summed E-state index contributed by atoms with van der Waals surface area (Å²) in [4.78, 5) is 11.0. The predicted octanol–water partition coefficient (Wildman–Crippen LogP) is 4.30. The summed E-state index contributed by atoms with van der Waals surface area (Å²) in [5.74, 6) is 0. The van der Waals surface area contributed by atoms with Gasteiger partial charge in [-0.3, -0.25) is 9.05 Å². The molecule has 0 aromatic heterocycles. The predicted molar refractivity (Wildman–Crippen MR) is 60.8 cm³/mol. The van der Waals surface area contributed by atoms with E-state index >= 15 is 0 Å². The zero-order valence-corrected chi connectivity index (χ0v) is 12.2. The van der Waals surface area contributed by atoms with Crippen LogP contribution in [0.1, 0.15) is 0 Å². The van der Waals surface area contributed by atoms with Gasteiger partial charge >= 0.3 is 7.82 Å². The van der Waals surface area contributed by atoms with Crippen LogP contribution in [0, 0.1) is 0 Å². The summed E-state index contributed by atoms with van der Waals surface area (Å²) in [6.07, 6.45) is 0. The molecule has 0 aromatic rings. The number of halogens is 6. The minimum atomic E-state index is -4.64. The molecule has 0 fully saturated rings. The van der Waals surface area contributed by atoms with Crippen molar-refractivity contribution in [2.24, 2.45) is 0 Å². The first-order valence-electron chi connectivity index (χ1n) is 3.15. The van der Waals surface area contributed by atoms with Crippen molar-refractivity contribution < 1.29 is 18.5 Å². The Balaban J connectivity index is 4.04. The molecule has 0 aromatic carbocycles. The molecule has 0 saturated heterocycles. The standard InChI is InChI=1S/C4H4Cl6O4P/c5-3(6,7)1-13-15(11,12)14-2-4(8,9)10/h1-2H2. The molecule has 15 heavy (non-hydrogen) atoms. The molecule has 91 valence electrons. The van der Waals surface area contributed by atoms with Crippen LogP contribution < -0.4 is 0 Å². The van der Waals surface area contributed by atoms with Gasteiger partial charge in [0, 0.05) is 0 Å². The Morgan fingerprint density at radius 3 is 1.33 bits per heavy atom. The normalized spacial score (nSPS) is 14.3. The molecule has 0 rings (SSSR count). The first kappa shape index (κ1) is 16.9. The van der Waals surface area contributed by atoms with Gasteiger partial charge in [0.25, 0.3) is 0 Å². The van der Waals surface area contributed by atoms with E-state index < -0.39 is 28.6 Å². The number of hydrogen-bond donors (Lipinski definition) is 0. The van der Waals surface area contributed by atoms with E-state index in [-0.39, 0.29) is 0 Å². The minimum Gasteiger partial charge on any atom is -0.281 e. The maximum absolute atomic E-state index is 11.0.